The van der Waals surface area contributed by atoms with E-state index in [0.717, 1.165) is 35.1 Å². The Balaban J connectivity index is 1.63. The van der Waals surface area contributed by atoms with Gasteiger partial charge in [0.2, 0.25) is 0 Å². The van der Waals surface area contributed by atoms with E-state index in [2.05, 4.69) is 70.3 Å². The largest absolute Gasteiger partial charge is 0.371 e. The molecular weight excluding hydrogens is 356 g/mol. The van der Waals surface area contributed by atoms with Crippen molar-refractivity contribution < 1.29 is 0 Å². The van der Waals surface area contributed by atoms with Crippen LogP contribution in [0.2, 0.25) is 0 Å². The van der Waals surface area contributed by atoms with Crippen LogP contribution in [0.15, 0.2) is 54.6 Å². The smallest absolute Gasteiger partial charge is 0.149 e. The molecule has 0 atom stereocenters. The van der Waals surface area contributed by atoms with Gasteiger partial charge in [-0.25, -0.2) is 4.98 Å². The Morgan fingerprint density at radius 1 is 1.07 bits per heavy atom. The summed E-state index contributed by atoms with van der Waals surface area (Å²) in [6.45, 7) is 4.27. The number of anilines is 1. The average Bonchev–Trinajstić information content (AvgIpc) is 3.41. The average molecular weight is 378 g/mol. The second-order valence-corrected chi connectivity index (χ2v) is 7.69. The van der Waals surface area contributed by atoms with Crippen molar-refractivity contribution in [3.05, 3.63) is 71.5 Å². The number of nitrogens with zero attached hydrogens (tertiary/aromatic N) is 3. The zero-order chi connectivity index (χ0) is 19.8. The molecule has 0 aliphatic carbocycles. The molecule has 0 unspecified atom stereocenters. The fourth-order valence-corrected chi connectivity index (χ4v) is 4.23. The quantitative estimate of drug-likeness (QED) is 0.466. The number of allylic oxidation sites excluding steroid dienone is 1. The summed E-state index contributed by atoms with van der Waals surface area (Å²) in [5.74, 6) is 0.612. The van der Waals surface area contributed by atoms with Crippen LogP contribution in [0.5, 0.6) is 0 Å². The molecule has 142 valence electrons. The zero-order valence-electron chi connectivity index (χ0n) is 16.4. The number of benzene rings is 3. The Bertz CT molecular complexity index is 1280. The number of rotatable bonds is 3. The predicted octanol–water partition coefficient (Wildman–Crippen LogP) is 5.69. The first-order chi connectivity index (χ1) is 14.2. The van der Waals surface area contributed by atoms with Crippen molar-refractivity contribution in [2.75, 3.05) is 18.0 Å². The zero-order valence-corrected chi connectivity index (χ0v) is 16.4. The number of aromatic nitrogens is 2. The highest BCUT2D eigenvalue weighted by atomic mass is 15.1. The van der Waals surface area contributed by atoms with E-state index in [-0.39, 0.29) is 0 Å². The van der Waals surface area contributed by atoms with Gasteiger partial charge in [-0.15, -0.1) is 0 Å². The summed E-state index contributed by atoms with van der Waals surface area (Å²) in [5, 5.41) is 12.2. The molecule has 29 heavy (non-hydrogen) atoms. The molecule has 5 rings (SSSR count). The van der Waals surface area contributed by atoms with Crippen molar-refractivity contribution in [2.24, 2.45) is 0 Å². The minimum Gasteiger partial charge on any atom is -0.371 e. The highest BCUT2D eigenvalue weighted by molar-refractivity contribution is 6.03. The molecular formula is C25H22N4. The van der Waals surface area contributed by atoms with E-state index >= 15 is 0 Å². The second kappa shape index (κ2) is 7.10. The maximum atomic E-state index is 9.83. The minimum absolute atomic E-state index is 0.540. The number of hydrogen-bond acceptors (Lipinski definition) is 3. The third-order valence-electron chi connectivity index (χ3n) is 5.69. The van der Waals surface area contributed by atoms with Crippen molar-refractivity contribution in [3.63, 3.8) is 0 Å². The molecule has 2 heterocycles. The number of nitrogens with one attached hydrogen (secondary N) is 1. The number of hydrogen-bond donors (Lipinski definition) is 1. The molecule has 4 heteroatoms. The summed E-state index contributed by atoms with van der Waals surface area (Å²) >= 11 is 0. The lowest BCUT2D eigenvalue weighted by atomic mass is 10.0. The molecule has 1 aliphatic rings. The van der Waals surface area contributed by atoms with Gasteiger partial charge in [-0.2, -0.15) is 5.26 Å². The third kappa shape index (κ3) is 3.15. The Kier molecular flexibility index (Phi) is 4.29. The molecule has 0 bridgehead atoms. The van der Waals surface area contributed by atoms with Crippen molar-refractivity contribution in [1.82, 2.24) is 9.97 Å². The summed E-state index contributed by atoms with van der Waals surface area (Å²) in [4.78, 5) is 10.4. The van der Waals surface area contributed by atoms with Crippen LogP contribution >= 0.6 is 0 Å². The van der Waals surface area contributed by atoms with E-state index in [1.807, 2.05) is 18.2 Å². The molecule has 1 aliphatic heterocycles. The minimum atomic E-state index is 0.540. The van der Waals surface area contributed by atoms with Crippen molar-refractivity contribution in [1.29, 1.82) is 5.26 Å². The van der Waals surface area contributed by atoms with E-state index in [0.29, 0.717) is 11.4 Å². The summed E-state index contributed by atoms with van der Waals surface area (Å²) < 4.78 is 0. The SMILES string of the molecule is Cc1ccc2nc(/C(C#N)=C\c3ccc(N4CCCC4)c4ccccc34)[nH]c2c1. The van der Waals surface area contributed by atoms with E-state index in [1.54, 1.807) is 0 Å². The number of imidazole rings is 1. The van der Waals surface area contributed by atoms with Crippen LogP contribution in [0.3, 0.4) is 0 Å². The van der Waals surface area contributed by atoms with E-state index in [1.165, 1.54) is 29.5 Å². The maximum Gasteiger partial charge on any atom is 0.149 e. The van der Waals surface area contributed by atoms with Crippen LogP contribution in [-0.2, 0) is 0 Å². The van der Waals surface area contributed by atoms with Crippen molar-refractivity contribution >= 4 is 39.1 Å². The molecule has 4 nitrogen and oxygen atoms in total. The van der Waals surface area contributed by atoms with Gasteiger partial charge < -0.3 is 9.88 Å². The standard InChI is InChI=1S/C25H22N4/c1-17-8-10-22-23(14-17)28-25(27-22)19(16-26)15-18-9-11-24(29-12-4-5-13-29)21-7-3-2-6-20(18)21/h2-3,6-11,14-15H,4-5,12-13H2,1H3,(H,27,28)/b19-15-. The lowest BCUT2D eigenvalue weighted by molar-refractivity contribution is 0.949. The van der Waals surface area contributed by atoms with Crippen LogP contribution in [0.4, 0.5) is 5.69 Å². The molecule has 0 saturated carbocycles. The van der Waals surface area contributed by atoms with Gasteiger partial charge in [-0.1, -0.05) is 36.4 Å². The Hall–Kier alpha value is -3.58. The first kappa shape index (κ1) is 17.5. The van der Waals surface area contributed by atoms with Gasteiger partial charge in [-0.05, 0) is 60.6 Å². The number of aryl methyl sites for hydroxylation is 1. The van der Waals surface area contributed by atoms with Gasteiger partial charge in [0, 0.05) is 24.2 Å². The Morgan fingerprint density at radius 3 is 2.66 bits per heavy atom. The van der Waals surface area contributed by atoms with Crippen molar-refractivity contribution in [3.8, 4) is 6.07 Å². The summed E-state index contributed by atoms with van der Waals surface area (Å²) in [6.07, 6.45) is 4.45. The van der Waals surface area contributed by atoms with Gasteiger partial charge in [0.25, 0.3) is 0 Å². The summed E-state index contributed by atoms with van der Waals surface area (Å²) in [5.41, 5.74) is 5.86. The first-order valence-corrected chi connectivity index (χ1v) is 10.1. The summed E-state index contributed by atoms with van der Waals surface area (Å²) in [6, 6.07) is 21.2. The summed E-state index contributed by atoms with van der Waals surface area (Å²) in [7, 11) is 0. The van der Waals surface area contributed by atoms with Gasteiger partial charge in [0.1, 0.15) is 11.9 Å². The normalized spacial score (nSPS) is 14.6. The van der Waals surface area contributed by atoms with Crippen molar-refractivity contribution in [2.45, 2.75) is 19.8 Å². The molecule has 0 spiro atoms. The fourth-order valence-electron chi connectivity index (χ4n) is 4.23. The second-order valence-electron chi connectivity index (χ2n) is 7.69. The number of H-pyrrole nitrogens is 1. The molecule has 4 aromatic rings. The van der Waals surface area contributed by atoms with E-state index in [9.17, 15) is 5.26 Å². The third-order valence-corrected chi connectivity index (χ3v) is 5.69. The van der Waals surface area contributed by atoms with Gasteiger partial charge >= 0.3 is 0 Å². The first-order valence-electron chi connectivity index (χ1n) is 10.1. The lowest BCUT2D eigenvalue weighted by Gasteiger charge is -2.20. The number of nitriles is 1. The van der Waals surface area contributed by atoms with Gasteiger partial charge in [0.05, 0.1) is 16.6 Å². The lowest BCUT2D eigenvalue weighted by Crippen LogP contribution is -2.17. The van der Waals surface area contributed by atoms with Crippen LogP contribution < -0.4 is 4.90 Å². The predicted molar refractivity (Wildman–Crippen MR) is 120 cm³/mol. The number of fused-ring (bicyclic) bond motifs is 2. The Labute approximate surface area is 170 Å². The molecule has 0 amide bonds. The van der Waals surface area contributed by atoms with Gasteiger partial charge in [-0.3, -0.25) is 0 Å². The number of aromatic amines is 1. The van der Waals surface area contributed by atoms with Crippen LogP contribution in [0, 0.1) is 18.3 Å². The molecule has 1 aromatic heterocycles. The molecule has 0 radical (unpaired) electrons. The van der Waals surface area contributed by atoms with Gasteiger partial charge in [0.15, 0.2) is 0 Å². The van der Waals surface area contributed by atoms with Crippen LogP contribution in [-0.4, -0.2) is 23.1 Å². The highest BCUT2D eigenvalue weighted by Crippen LogP contribution is 2.33. The Morgan fingerprint density at radius 2 is 1.86 bits per heavy atom. The molecule has 1 saturated heterocycles. The molecule has 1 N–H and O–H groups in total. The highest BCUT2D eigenvalue weighted by Gasteiger charge is 2.16. The monoisotopic (exact) mass is 378 g/mol. The van der Waals surface area contributed by atoms with Crippen LogP contribution in [0.1, 0.15) is 29.8 Å². The van der Waals surface area contributed by atoms with Crippen LogP contribution in [0.25, 0.3) is 33.5 Å². The molecule has 1 fully saturated rings. The van der Waals surface area contributed by atoms with E-state index in [4.69, 9.17) is 0 Å². The maximum absolute atomic E-state index is 9.83. The van der Waals surface area contributed by atoms with E-state index < -0.39 is 0 Å². The topological polar surface area (TPSA) is 55.7 Å². The fraction of sp³-hybridized carbons (Fsp3) is 0.200. The molecule has 3 aromatic carbocycles.